The molecule has 0 saturated heterocycles. The molecule has 6 nitrogen and oxygen atoms in total. The van der Waals surface area contributed by atoms with Crippen LogP contribution in [0.2, 0.25) is 0 Å². The summed E-state index contributed by atoms with van der Waals surface area (Å²) in [5.41, 5.74) is 9.43. The molecule has 34 heavy (non-hydrogen) atoms. The third kappa shape index (κ3) is 5.35. The molecule has 2 heterocycles. The minimum Gasteiger partial charge on any atom is -0.384 e. The largest absolute Gasteiger partial charge is 0.384 e. The molecule has 2 aromatic carbocycles. The Balaban J connectivity index is 1.42. The van der Waals surface area contributed by atoms with Crippen molar-refractivity contribution < 1.29 is 13.6 Å². The maximum Gasteiger partial charge on any atom is 0.255 e. The van der Waals surface area contributed by atoms with Gasteiger partial charge in [-0.15, -0.1) is 0 Å². The molecule has 172 valence electrons. The van der Waals surface area contributed by atoms with Crippen LogP contribution in [0.25, 0.3) is 11.1 Å². The van der Waals surface area contributed by atoms with Crippen molar-refractivity contribution in [3.8, 4) is 11.1 Å². The van der Waals surface area contributed by atoms with E-state index in [0.29, 0.717) is 29.3 Å². The van der Waals surface area contributed by atoms with Crippen LogP contribution in [0.15, 0.2) is 79.1 Å². The van der Waals surface area contributed by atoms with E-state index in [1.54, 1.807) is 37.5 Å². The number of pyridine rings is 2. The van der Waals surface area contributed by atoms with Gasteiger partial charge in [0.1, 0.15) is 11.6 Å². The van der Waals surface area contributed by atoms with E-state index >= 15 is 0 Å². The molecule has 2 aromatic heterocycles. The molecule has 0 aliphatic carbocycles. The van der Waals surface area contributed by atoms with Gasteiger partial charge in [-0.3, -0.25) is 4.79 Å². The van der Waals surface area contributed by atoms with Gasteiger partial charge in [0.15, 0.2) is 11.6 Å². The van der Waals surface area contributed by atoms with Crippen molar-refractivity contribution in [1.82, 2.24) is 15.3 Å². The number of rotatable bonds is 7. The number of hydrogen-bond donors (Lipinski definition) is 3. The summed E-state index contributed by atoms with van der Waals surface area (Å²) in [6.07, 6.45) is 3.32. The molecular weight excluding hydrogens is 436 g/mol. The molecule has 8 heteroatoms. The highest BCUT2D eigenvalue weighted by Gasteiger charge is 2.17. The number of hydrogen-bond acceptors (Lipinski definition) is 5. The smallest absolute Gasteiger partial charge is 0.255 e. The topological polar surface area (TPSA) is 92.9 Å². The third-order valence-corrected chi connectivity index (χ3v) is 5.38. The van der Waals surface area contributed by atoms with E-state index in [9.17, 15) is 13.6 Å². The van der Waals surface area contributed by atoms with Crippen molar-refractivity contribution in [1.29, 1.82) is 0 Å². The van der Waals surface area contributed by atoms with E-state index in [1.807, 2.05) is 30.3 Å². The van der Waals surface area contributed by atoms with E-state index < -0.39 is 17.7 Å². The molecular formula is C26H23F2N5O. The molecule has 0 radical (unpaired) electrons. The maximum atomic E-state index is 13.5. The summed E-state index contributed by atoms with van der Waals surface area (Å²) in [4.78, 5) is 21.3. The van der Waals surface area contributed by atoms with Crippen LogP contribution < -0.4 is 16.4 Å². The number of nitrogens with zero attached hydrogens (tertiary/aromatic N) is 2. The molecule has 0 saturated carbocycles. The van der Waals surface area contributed by atoms with Crippen LogP contribution in [-0.2, 0) is 6.54 Å². The van der Waals surface area contributed by atoms with Gasteiger partial charge in [-0.2, -0.15) is 0 Å². The van der Waals surface area contributed by atoms with Crippen LogP contribution in [0, 0.1) is 11.6 Å². The van der Waals surface area contributed by atoms with Crippen molar-refractivity contribution >= 4 is 17.5 Å². The first-order valence-electron chi connectivity index (χ1n) is 10.7. The maximum absolute atomic E-state index is 13.5. The molecule has 0 fully saturated rings. The average Bonchev–Trinajstić information content (AvgIpc) is 2.85. The van der Waals surface area contributed by atoms with Crippen molar-refractivity contribution in [2.24, 2.45) is 0 Å². The zero-order chi connectivity index (χ0) is 24.1. The Bertz CT molecular complexity index is 1290. The SMILES string of the molecule is C[C@H](NC(=O)c1cccnc1NCc1ccc(-c2ccc(N)nc2)cc1)c1ccc(F)c(F)c1. The number of halogens is 2. The van der Waals surface area contributed by atoms with Crippen LogP contribution >= 0.6 is 0 Å². The van der Waals surface area contributed by atoms with Crippen LogP contribution in [-0.4, -0.2) is 15.9 Å². The van der Waals surface area contributed by atoms with Crippen molar-refractivity contribution in [2.75, 3.05) is 11.1 Å². The molecule has 0 aliphatic rings. The monoisotopic (exact) mass is 459 g/mol. The standard InChI is InChI=1S/C26H23F2N5O/c1-16(19-8-10-22(27)23(28)13-19)33-26(34)21-3-2-12-30-25(21)32-14-17-4-6-18(7-5-17)20-9-11-24(29)31-15-20/h2-13,15-16H,14H2,1H3,(H2,29,31)(H,30,32)(H,33,34)/t16-/m0/s1. The molecule has 4 aromatic rings. The molecule has 4 rings (SSSR count). The first kappa shape index (κ1) is 22.8. The Morgan fingerprint density at radius 1 is 0.971 bits per heavy atom. The van der Waals surface area contributed by atoms with Crippen molar-refractivity contribution in [3.63, 3.8) is 0 Å². The number of carbonyl (C=O) groups is 1. The lowest BCUT2D eigenvalue weighted by atomic mass is 10.1. The highest BCUT2D eigenvalue weighted by atomic mass is 19.2. The van der Waals surface area contributed by atoms with Crippen LogP contribution in [0.1, 0.15) is 34.5 Å². The number of amides is 1. The molecule has 1 amide bonds. The molecule has 1 atom stereocenters. The van der Waals surface area contributed by atoms with Crippen LogP contribution in [0.3, 0.4) is 0 Å². The lowest BCUT2D eigenvalue weighted by molar-refractivity contribution is 0.0940. The third-order valence-electron chi connectivity index (χ3n) is 5.38. The molecule has 0 spiro atoms. The van der Waals surface area contributed by atoms with Gasteiger partial charge in [-0.1, -0.05) is 30.3 Å². The summed E-state index contributed by atoms with van der Waals surface area (Å²) in [7, 11) is 0. The predicted molar refractivity (Wildman–Crippen MR) is 128 cm³/mol. The summed E-state index contributed by atoms with van der Waals surface area (Å²) < 4.78 is 26.8. The minimum atomic E-state index is -0.957. The average molecular weight is 460 g/mol. The summed E-state index contributed by atoms with van der Waals surface area (Å²) >= 11 is 0. The quantitative estimate of drug-likeness (QED) is 0.357. The predicted octanol–water partition coefficient (Wildman–Crippen LogP) is 5.11. The Morgan fingerprint density at radius 2 is 1.74 bits per heavy atom. The van der Waals surface area contributed by atoms with Gasteiger partial charge >= 0.3 is 0 Å². The number of nitrogens with two attached hydrogens (primary N) is 1. The second kappa shape index (κ2) is 10.1. The fourth-order valence-corrected chi connectivity index (χ4v) is 3.45. The lowest BCUT2D eigenvalue weighted by Crippen LogP contribution is -2.27. The first-order chi connectivity index (χ1) is 16.4. The number of carbonyl (C=O) groups excluding carboxylic acids is 1. The first-order valence-corrected chi connectivity index (χ1v) is 10.7. The van der Waals surface area contributed by atoms with Gasteiger partial charge in [0, 0.05) is 24.5 Å². The van der Waals surface area contributed by atoms with Gasteiger partial charge in [0.2, 0.25) is 0 Å². The van der Waals surface area contributed by atoms with E-state index in [1.165, 1.54) is 6.07 Å². The molecule has 0 bridgehead atoms. The molecule has 4 N–H and O–H groups in total. The Labute approximate surface area is 195 Å². The van der Waals surface area contributed by atoms with Crippen LogP contribution in [0.5, 0.6) is 0 Å². The summed E-state index contributed by atoms with van der Waals surface area (Å²) in [6.45, 7) is 2.16. The van der Waals surface area contributed by atoms with Gasteiger partial charge in [-0.05, 0) is 60.0 Å². The number of benzene rings is 2. The minimum absolute atomic E-state index is 0.349. The van der Waals surface area contributed by atoms with Gasteiger partial charge in [-0.25, -0.2) is 18.7 Å². The van der Waals surface area contributed by atoms with Crippen molar-refractivity contribution in [2.45, 2.75) is 19.5 Å². The molecule has 0 unspecified atom stereocenters. The second-order valence-electron chi connectivity index (χ2n) is 7.79. The lowest BCUT2D eigenvalue weighted by Gasteiger charge is -2.16. The van der Waals surface area contributed by atoms with Gasteiger partial charge in [0.25, 0.3) is 5.91 Å². The number of anilines is 2. The number of nitrogens with one attached hydrogen (secondary N) is 2. The number of nitrogen functional groups attached to an aromatic ring is 1. The second-order valence-corrected chi connectivity index (χ2v) is 7.79. The normalized spacial score (nSPS) is 11.6. The van der Waals surface area contributed by atoms with E-state index in [2.05, 4.69) is 20.6 Å². The van der Waals surface area contributed by atoms with E-state index in [4.69, 9.17) is 5.73 Å². The Morgan fingerprint density at radius 3 is 2.44 bits per heavy atom. The van der Waals surface area contributed by atoms with Crippen molar-refractivity contribution in [3.05, 3.63) is 107 Å². The van der Waals surface area contributed by atoms with Gasteiger partial charge < -0.3 is 16.4 Å². The molecule has 0 aliphatic heterocycles. The number of aromatic nitrogens is 2. The van der Waals surface area contributed by atoms with E-state index in [-0.39, 0.29) is 5.91 Å². The fourth-order valence-electron chi connectivity index (χ4n) is 3.45. The summed E-state index contributed by atoms with van der Waals surface area (Å²) in [5.74, 6) is -1.37. The van der Waals surface area contributed by atoms with Gasteiger partial charge in [0.05, 0.1) is 11.6 Å². The van der Waals surface area contributed by atoms with Crippen LogP contribution in [0.4, 0.5) is 20.4 Å². The summed E-state index contributed by atoms with van der Waals surface area (Å²) in [6, 6.07) is 17.9. The Hall–Kier alpha value is -4.33. The fraction of sp³-hybridized carbons (Fsp3) is 0.115. The zero-order valence-electron chi connectivity index (χ0n) is 18.4. The van der Waals surface area contributed by atoms with E-state index in [0.717, 1.165) is 28.8 Å². The highest BCUT2D eigenvalue weighted by Crippen LogP contribution is 2.21. The summed E-state index contributed by atoms with van der Waals surface area (Å²) in [5, 5.41) is 6.00. The Kier molecular flexibility index (Phi) is 6.77. The zero-order valence-corrected chi connectivity index (χ0v) is 18.4. The highest BCUT2D eigenvalue weighted by molar-refractivity contribution is 5.98.